The van der Waals surface area contributed by atoms with Gasteiger partial charge in [0.1, 0.15) is 11.5 Å². The first-order chi connectivity index (χ1) is 14.7. The molecule has 1 heterocycles. The van der Waals surface area contributed by atoms with Gasteiger partial charge in [-0.25, -0.2) is 0 Å². The van der Waals surface area contributed by atoms with Crippen LogP contribution in [0.2, 0.25) is 0 Å². The number of rotatable bonds is 7. The molecular formula is C25H28N2O4. The number of para-hydroxylation sites is 1. The first-order valence-corrected chi connectivity index (χ1v) is 10.2. The van der Waals surface area contributed by atoms with Crippen molar-refractivity contribution in [3.8, 4) is 5.75 Å². The second kappa shape index (κ2) is 9.51. The van der Waals surface area contributed by atoms with Crippen molar-refractivity contribution in [2.75, 3.05) is 5.32 Å². The minimum Gasteiger partial charge on any atom is -0.481 e. The topological polar surface area (TPSA) is 80.6 Å². The van der Waals surface area contributed by atoms with Crippen LogP contribution in [-0.2, 0) is 16.8 Å². The smallest absolute Gasteiger partial charge is 0.265 e. The van der Waals surface area contributed by atoms with Crippen LogP contribution in [0.4, 0.5) is 5.69 Å². The predicted molar refractivity (Wildman–Crippen MR) is 120 cm³/mol. The molecule has 0 bridgehead atoms. The van der Waals surface area contributed by atoms with Gasteiger partial charge in [-0.1, -0.05) is 45.0 Å². The summed E-state index contributed by atoms with van der Waals surface area (Å²) in [6, 6.07) is 18.1. The van der Waals surface area contributed by atoms with Crippen molar-refractivity contribution in [2.45, 2.75) is 45.8 Å². The lowest BCUT2D eigenvalue weighted by Crippen LogP contribution is -2.31. The van der Waals surface area contributed by atoms with E-state index < -0.39 is 6.10 Å². The summed E-state index contributed by atoms with van der Waals surface area (Å²) >= 11 is 0. The van der Waals surface area contributed by atoms with Crippen molar-refractivity contribution in [1.29, 1.82) is 0 Å². The molecule has 0 radical (unpaired) electrons. The summed E-state index contributed by atoms with van der Waals surface area (Å²) in [5.74, 6) is 0.610. The number of furan rings is 1. The van der Waals surface area contributed by atoms with Gasteiger partial charge < -0.3 is 19.8 Å². The van der Waals surface area contributed by atoms with Crippen LogP contribution < -0.4 is 15.4 Å². The number of carbonyl (C=O) groups excluding carboxylic acids is 2. The molecular weight excluding hydrogens is 392 g/mol. The minimum absolute atomic E-state index is 0.0444. The zero-order valence-electron chi connectivity index (χ0n) is 18.3. The molecule has 2 aromatic carbocycles. The molecule has 3 aromatic rings. The lowest BCUT2D eigenvalue weighted by molar-refractivity contribution is -0.122. The quantitative estimate of drug-likeness (QED) is 0.569. The normalized spacial score (nSPS) is 12.1. The molecule has 6 heteroatoms. The Morgan fingerprint density at radius 1 is 1.00 bits per heavy atom. The Morgan fingerprint density at radius 3 is 2.35 bits per heavy atom. The van der Waals surface area contributed by atoms with Crippen molar-refractivity contribution >= 4 is 17.5 Å². The van der Waals surface area contributed by atoms with Crippen LogP contribution in [0.25, 0.3) is 0 Å². The van der Waals surface area contributed by atoms with E-state index in [0.717, 1.165) is 0 Å². The van der Waals surface area contributed by atoms with Crippen molar-refractivity contribution in [1.82, 2.24) is 5.32 Å². The molecule has 0 aliphatic carbocycles. The Bertz CT molecular complexity index is 1020. The van der Waals surface area contributed by atoms with Gasteiger partial charge in [-0.3, -0.25) is 9.59 Å². The predicted octanol–water partition coefficient (Wildman–Crippen LogP) is 4.91. The Labute approximate surface area is 182 Å². The lowest BCUT2D eigenvalue weighted by Gasteiger charge is -2.20. The molecule has 0 fully saturated rings. The highest BCUT2D eigenvalue weighted by Gasteiger charge is 2.19. The Kier molecular flexibility index (Phi) is 6.80. The van der Waals surface area contributed by atoms with Gasteiger partial charge in [-0.15, -0.1) is 0 Å². The van der Waals surface area contributed by atoms with E-state index in [9.17, 15) is 9.59 Å². The average Bonchev–Trinajstić information content (AvgIpc) is 3.26. The fourth-order valence-corrected chi connectivity index (χ4v) is 2.99. The Morgan fingerprint density at radius 2 is 1.71 bits per heavy atom. The fraction of sp³-hybridized carbons (Fsp3) is 0.280. The molecule has 31 heavy (non-hydrogen) atoms. The first kappa shape index (κ1) is 22.2. The van der Waals surface area contributed by atoms with E-state index in [1.807, 2.05) is 24.3 Å². The molecule has 162 valence electrons. The summed E-state index contributed by atoms with van der Waals surface area (Å²) in [5, 5.41) is 5.58. The highest BCUT2D eigenvalue weighted by atomic mass is 16.5. The van der Waals surface area contributed by atoms with Crippen molar-refractivity contribution in [2.24, 2.45) is 0 Å². The fourth-order valence-electron chi connectivity index (χ4n) is 2.99. The van der Waals surface area contributed by atoms with Gasteiger partial charge in [0.05, 0.1) is 24.1 Å². The maximum absolute atomic E-state index is 12.7. The van der Waals surface area contributed by atoms with Crippen molar-refractivity contribution in [3.05, 3.63) is 83.8 Å². The van der Waals surface area contributed by atoms with E-state index >= 15 is 0 Å². The number of carbonyl (C=O) groups is 2. The Hall–Kier alpha value is -3.54. The van der Waals surface area contributed by atoms with Gasteiger partial charge in [0.25, 0.3) is 11.8 Å². The highest BCUT2D eigenvalue weighted by molar-refractivity contribution is 6.04. The zero-order valence-corrected chi connectivity index (χ0v) is 18.3. The SMILES string of the molecule is CC(Oc1ccc(C(C)(C)C)cc1)C(=O)Nc1ccccc1C(=O)NCc1ccco1. The second-order valence-electron chi connectivity index (χ2n) is 8.33. The standard InChI is InChI=1S/C25H28N2O4/c1-17(31-19-13-11-18(12-14-19)25(2,3)4)23(28)27-22-10-6-5-9-21(22)24(29)26-16-20-8-7-15-30-20/h5-15,17H,16H2,1-4H3,(H,26,29)(H,27,28). The third kappa shape index (κ3) is 5.98. The van der Waals surface area contributed by atoms with E-state index in [-0.39, 0.29) is 23.8 Å². The van der Waals surface area contributed by atoms with Gasteiger partial charge in [0, 0.05) is 0 Å². The van der Waals surface area contributed by atoms with Gasteiger partial charge in [-0.05, 0) is 54.3 Å². The van der Waals surface area contributed by atoms with Crippen LogP contribution in [0.3, 0.4) is 0 Å². The maximum atomic E-state index is 12.7. The van der Waals surface area contributed by atoms with Crippen LogP contribution in [0.15, 0.2) is 71.3 Å². The molecule has 2 amide bonds. The lowest BCUT2D eigenvalue weighted by atomic mass is 9.87. The van der Waals surface area contributed by atoms with Crippen molar-refractivity contribution < 1.29 is 18.7 Å². The van der Waals surface area contributed by atoms with Crippen LogP contribution in [0, 0.1) is 0 Å². The molecule has 2 N–H and O–H groups in total. The molecule has 1 atom stereocenters. The van der Waals surface area contributed by atoms with Crippen LogP contribution in [-0.4, -0.2) is 17.9 Å². The molecule has 1 unspecified atom stereocenters. The molecule has 0 aliphatic rings. The van der Waals surface area contributed by atoms with E-state index in [1.165, 1.54) is 5.56 Å². The summed E-state index contributed by atoms with van der Waals surface area (Å²) in [6.07, 6.45) is 0.813. The van der Waals surface area contributed by atoms with E-state index in [1.54, 1.807) is 49.6 Å². The van der Waals surface area contributed by atoms with Gasteiger partial charge >= 0.3 is 0 Å². The molecule has 1 aromatic heterocycles. The number of benzene rings is 2. The minimum atomic E-state index is -0.736. The maximum Gasteiger partial charge on any atom is 0.265 e. The average molecular weight is 421 g/mol. The third-order valence-corrected chi connectivity index (χ3v) is 4.84. The molecule has 0 saturated heterocycles. The van der Waals surface area contributed by atoms with Gasteiger partial charge in [0.2, 0.25) is 0 Å². The molecule has 0 spiro atoms. The first-order valence-electron chi connectivity index (χ1n) is 10.2. The summed E-state index contributed by atoms with van der Waals surface area (Å²) in [7, 11) is 0. The van der Waals surface area contributed by atoms with Gasteiger partial charge in [0.15, 0.2) is 6.10 Å². The summed E-state index contributed by atoms with van der Waals surface area (Å²) in [6.45, 7) is 8.36. The van der Waals surface area contributed by atoms with Crippen LogP contribution >= 0.6 is 0 Å². The van der Waals surface area contributed by atoms with Crippen LogP contribution in [0.5, 0.6) is 5.75 Å². The molecule has 0 saturated carbocycles. The third-order valence-electron chi connectivity index (χ3n) is 4.84. The number of hydrogen-bond acceptors (Lipinski definition) is 4. The number of hydrogen-bond donors (Lipinski definition) is 2. The summed E-state index contributed by atoms with van der Waals surface area (Å²) < 4.78 is 11.0. The number of anilines is 1. The molecule has 3 rings (SSSR count). The van der Waals surface area contributed by atoms with E-state index in [2.05, 4.69) is 31.4 Å². The highest BCUT2D eigenvalue weighted by Crippen LogP contribution is 2.25. The number of ether oxygens (including phenoxy) is 1. The van der Waals surface area contributed by atoms with E-state index in [0.29, 0.717) is 22.8 Å². The molecule has 6 nitrogen and oxygen atoms in total. The van der Waals surface area contributed by atoms with E-state index in [4.69, 9.17) is 9.15 Å². The molecule has 0 aliphatic heterocycles. The largest absolute Gasteiger partial charge is 0.481 e. The monoisotopic (exact) mass is 420 g/mol. The van der Waals surface area contributed by atoms with Crippen molar-refractivity contribution in [3.63, 3.8) is 0 Å². The zero-order chi connectivity index (χ0) is 22.4. The summed E-state index contributed by atoms with van der Waals surface area (Å²) in [5.41, 5.74) is 2.02. The summed E-state index contributed by atoms with van der Waals surface area (Å²) in [4.78, 5) is 25.3. The number of amides is 2. The van der Waals surface area contributed by atoms with Gasteiger partial charge in [-0.2, -0.15) is 0 Å². The number of nitrogens with one attached hydrogen (secondary N) is 2. The van der Waals surface area contributed by atoms with Crippen LogP contribution in [0.1, 0.15) is 49.4 Å². The Balaban J connectivity index is 1.62. The second-order valence-corrected chi connectivity index (χ2v) is 8.33.